The van der Waals surface area contributed by atoms with Gasteiger partial charge in [-0.2, -0.15) is 0 Å². The Labute approximate surface area is 166 Å². The van der Waals surface area contributed by atoms with E-state index in [-0.39, 0.29) is 11.0 Å². The average Bonchev–Trinajstić information content (AvgIpc) is 2.54. The zero-order valence-electron chi connectivity index (χ0n) is 13.1. The first kappa shape index (κ1) is 19.7. The van der Waals surface area contributed by atoms with E-state index in [1.165, 1.54) is 0 Å². The van der Waals surface area contributed by atoms with E-state index >= 15 is 0 Å². The molecule has 0 radical (unpaired) electrons. The van der Waals surface area contributed by atoms with E-state index in [2.05, 4.69) is 20.9 Å². The standard InChI is InChI=1S/C16H15Cl3N4OS/c1-10-5-2-3-7-12(10)13(24)22-14(16(17,18)19)23-15(25)21-11-6-4-8-20-9-11/h2-9,14H,1H3,(H,22,24)(H2,21,23,25). The van der Waals surface area contributed by atoms with Gasteiger partial charge < -0.3 is 16.0 Å². The minimum Gasteiger partial charge on any atom is -0.339 e. The fourth-order valence-electron chi connectivity index (χ4n) is 1.97. The van der Waals surface area contributed by atoms with Gasteiger partial charge in [0.05, 0.1) is 11.9 Å². The lowest BCUT2D eigenvalue weighted by molar-refractivity contribution is 0.0934. The number of thiocarbonyl (C=S) groups is 1. The van der Waals surface area contributed by atoms with E-state index in [9.17, 15) is 4.79 Å². The predicted molar refractivity (Wildman–Crippen MR) is 106 cm³/mol. The molecule has 0 bridgehead atoms. The molecule has 2 aromatic rings. The summed E-state index contributed by atoms with van der Waals surface area (Å²) >= 11 is 23.1. The zero-order chi connectivity index (χ0) is 18.4. The number of nitrogens with one attached hydrogen (secondary N) is 3. The van der Waals surface area contributed by atoms with Crippen LogP contribution in [-0.4, -0.2) is 26.0 Å². The first-order chi connectivity index (χ1) is 11.8. The number of hydrogen-bond acceptors (Lipinski definition) is 3. The molecule has 1 aromatic carbocycles. The van der Waals surface area contributed by atoms with Gasteiger partial charge in [-0.15, -0.1) is 0 Å². The summed E-state index contributed by atoms with van der Waals surface area (Å²) in [7, 11) is 0. The lowest BCUT2D eigenvalue weighted by Gasteiger charge is -2.28. The Morgan fingerprint density at radius 3 is 2.48 bits per heavy atom. The maximum atomic E-state index is 12.5. The van der Waals surface area contributed by atoms with E-state index in [1.54, 1.807) is 36.7 Å². The number of carbonyl (C=O) groups is 1. The molecule has 25 heavy (non-hydrogen) atoms. The van der Waals surface area contributed by atoms with Crippen molar-refractivity contribution in [3.8, 4) is 0 Å². The first-order valence-electron chi connectivity index (χ1n) is 7.18. The van der Waals surface area contributed by atoms with Gasteiger partial charge in [-0.25, -0.2) is 0 Å². The average molecular weight is 418 g/mol. The Kier molecular flexibility index (Phi) is 6.84. The molecule has 0 aliphatic rings. The van der Waals surface area contributed by atoms with Gasteiger partial charge in [0.1, 0.15) is 6.17 Å². The summed E-state index contributed by atoms with van der Waals surface area (Å²) in [5, 5.41) is 8.51. The molecule has 0 fully saturated rings. The minimum atomic E-state index is -1.82. The van der Waals surface area contributed by atoms with Crippen molar-refractivity contribution in [1.29, 1.82) is 0 Å². The Morgan fingerprint density at radius 2 is 1.88 bits per heavy atom. The van der Waals surface area contributed by atoms with Gasteiger partial charge in [-0.1, -0.05) is 53.0 Å². The molecule has 132 valence electrons. The van der Waals surface area contributed by atoms with E-state index in [0.29, 0.717) is 11.3 Å². The zero-order valence-corrected chi connectivity index (χ0v) is 16.2. The molecule has 5 nitrogen and oxygen atoms in total. The minimum absolute atomic E-state index is 0.175. The Balaban J connectivity index is 2.08. The summed E-state index contributed by atoms with van der Waals surface area (Å²) in [5.41, 5.74) is 1.95. The van der Waals surface area contributed by atoms with Crippen molar-refractivity contribution in [2.24, 2.45) is 0 Å². The second-order valence-corrected chi connectivity index (χ2v) is 7.88. The van der Waals surface area contributed by atoms with Gasteiger partial charge >= 0.3 is 0 Å². The maximum Gasteiger partial charge on any atom is 0.253 e. The summed E-state index contributed by atoms with van der Waals surface area (Å²) in [5.74, 6) is -0.383. The molecule has 0 spiro atoms. The van der Waals surface area contributed by atoms with Crippen molar-refractivity contribution in [2.45, 2.75) is 16.9 Å². The molecular formula is C16H15Cl3N4OS. The number of hydrogen-bond donors (Lipinski definition) is 3. The van der Waals surface area contributed by atoms with Crippen LogP contribution in [0.3, 0.4) is 0 Å². The molecule has 0 aliphatic heterocycles. The van der Waals surface area contributed by atoms with Gasteiger partial charge in [0.25, 0.3) is 5.91 Å². The summed E-state index contributed by atoms with van der Waals surface area (Å²) in [6, 6.07) is 10.6. The van der Waals surface area contributed by atoms with Gasteiger partial charge in [-0.3, -0.25) is 9.78 Å². The first-order valence-corrected chi connectivity index (χ1v) is 8.72. The molecular weight excluding hydrogens is 403 g/mol. The summed E-state index contributed by atoms with van der Waals surface area (Å²) in [6.07, 6.45) is 2.18. The molecule has 0 saturated carbocycles. The Hall–Kier alpha value is -1.60. The van der Waals surface area contributed by atoms with Gasteiger partial charge in [0, 0.05) is 11.8 Å². The topological polar surface area (TPSA) is 66.1 Å². The smallest absolute Gasteiger partial charge is 0.253 e. The molecule has 9 heteroatoms. The number of nitrogens with zero attached hydrogens (tertiary/aromatic N) is 1. The third-order valence-electron chi connectivity index (χ3n) is 3.19. The van der Waals surface area contributed by atoms with E-state index in [0.717, 1.165) is 5.56 Å². The quantitative estimate of drug-likeness (QED) is 0.401. The number of carbonyl (C=O) groups excluding carboxylic acids is 1. The number of amides is 1. The number of pyridine rings is 1. The van der Waals surface area contributed by atoms with Crippen LogP contribution < -0.4 is 16.0 Å². The lowest BCUT2D eigenvalue weighted by atomic mass is 10.1. The number of halogens is 3. The number of aryl methyl sites for hydroxylation is 1. The molecule has 2 rings (SSSR count). The molecule has 1 heterocycles. The van der Waals surface area contributed by atoms with E-state index in [4.69, 9.17) is 47.0 Å². The van der Waals surface area contributed by atoms with Gasteiger partial charge in [-0.05, 0) is 42.9 Å². The van der Waals surface area contributed by atoms with Crippen LogP contribution in [0.25, 0.3) is 0 Å². The third kappa shape index (κ3) is 6.01. The third-order valence-corrected chi connectivity index (χ3v) is 4.06. The fraction of sp³-hybridized carbons (Fsp3) is 0.188. The monoisotopic (exact) mass is 416 g/mol. The SMILES string of the molecule is Cc1ccccc1C(=O)NC(NC(=S)Nc1cccnc1)C(Cl)(Cl)Cl. The molecule has 1 amide bonds. The highest BCUT2D eigenvalue weighted by Crippen LogP contribution is 2.29. The number of alkyl halides is 3. The van der Waals surface area contributed by atoms with Crippen LogP contribution in [0, 0.1) is 6.92 Å². The van der Waals surface area contributed by atoms with Crippen molar-refractivity contribution in [3.05, 3.63) is 59.9 Å². The Morgan fingerprint density at radius 1 is 1.16 bits per heavy atom. The lowest BCUT2D eigenvalue weighted by Crippen LogP contribution is -2.56. The Bertz CT molecular complexity index is 753. The maximum absolute atomic E-state index is 12.5. The highest BCUT2D eigenvalue weighted by atomic mass is 35.6. The van der Waals surface area contributed by atoms with Crippen LogP contribution in [0.1, 0.15) is 15.9 Å². The van der Waals surface area contributed by atoms with Crippen molar-refractivity contribution in [2.75, 3.05) is 5.32 Å². The highest BCUT2D eigenvalue weighted by molar-refractivity contribution is 7.80. The normalized spacial score (nSPS) is 12.2. The van der Waals surface area contributed by atoms with Crippen molar-refractivity contribution < 1.29 is 4.79 Å². The molecule has 0 aliphatic carbocycles. The van der Waals surface area contributed by atoms with Crippen molar-refractivity contribution in [1.82, 2.24) is 15.6 Å². The summed E-state index contributed by atoms with van der Waals surface area (Å²) < 4.78 is -1.82. The second-order valence-electron chi connectivity index (χ2n) is 5.10. The molecule has 3 N–H and O–H groups in total. The van der Waals surface area contributed by atoms with Crippen molar-refractivity contribution >= 4 is 63.7 Å². The highest BCUT2D eigenvalue weighted by Gasteiger charge is 2.35. The van der Waals surface area contributed by atoms with Crippen LogP contribution in [0.2, 0.25) is 0 Å². The van der Waals surface area contributed by atoms with Crippen LogP contribution in [0.4, 0.5) is 5.69 Å². The number of rotatable bonds is 4. The fourth-order valence-corrected chi connectivity index (χ4v) is 2.53. The van der Waals surface area contributed by atoms with E-state index < -0.39 is 9.96 Å². The number of aromatic nitrogens is 1. The molecule has 1 atom stereocenters. The summed E-state index contributed by atoms with van der Waals surface area (Å²) in [6.45, 7) is 1.82. The van der Waals surface area contributed by atoms with Crippen LogP contribution >= 0.6 is 47.0 Å². The summed E-state index contributed by atoms with van der Waals surface area (Å²) in [4.78, 5) is 16.4. The molecule has 1 aromatic heterocycles. The van der Waals surface area contributed by atoms with Gasteiger partial charge in [0.2, 0.25) is 3.79 Å². The number of anilines is 1. The van der Waals surface area contributed by atoms with Gasteiger partial charge in [0.15, 0.2) is 5.11 Å². The van der Waals surface area contributed by atoms with Crippen molar-refractivity contribution in [3.63, 3.8) is 0 Å². The van der Waals surface area contributed by atoms with Crippen LogP contribution in [0.5, 0.6) is 0 Å². The van der Waals surface area contributed by atoms with E-state index in [1.807, 2.05) is 19.1 Å². The van der Waals surface area contributed by atoms with Crippen LogP contribution in [-0.2, 0) is 0 Å². The largest absolute Gasteiger partial charge is 0.339 e. The second kappa shape index (κ2) is 8.67. The molecule has 0 saturated heterocycles. The number of benzene rings is 1. The molecule has 1 unspecified atom stereocenters. The predicted octanol–water partition coefficient (Wildman–Crippen LogP) is 3.80. The van der Waals surface area contributed by atoms with Crippen LogP contribution in [0.15, 0.2) is 48.8 Å².